The van der Waals surface area contributed by atoms with E-state index in [0.29, 0.717) is 0 Å². The maximum absolute atomic E-state index is 11.4. The van der Waals surface area contributed by atoms with Gasteiger partial charge in [0.1, 0.15) is 0 Å². The summed E-state index contributed by atoms with van der Waals surface area (Å²) in [6.07, 6.45) is 0. The summed E-state index contributed by atoms with van der Waals surface area (Å²) in [5.74, 6) is -1.18. The molecule has 1 atom stereocenters. The van der Waals surface area contributed by atoms with E-state index in [2.05, 4.69) is 0 Å². The average Bonchev–Trinajstić information content (AvgIpc) is 2.41. The SMILES string of the molecule is NC(=O)C(CO)c1ccccc1-c1ccccc1. The highest BCUT2D eigenvalue weighted by Crippen LogP contribution is 2.28. The number of carbonyl (C=O) groups excluding carboxylic acids is 1. The molecule has 0 radical (unpaired) electrons. The third-order valence-corrected chi connectivity index (χ3v) is 2.95. The van der Waals surface area contributed by atoms with Crippen molar-refractivity contribution >= 4 is 5.91 Å². The Balaban J connectivity index is 2.53. The lowest BCUT2D eigenvalue weighted by Gasteiger charge is -2.15. The lowest BCUT2D eigenvalue weighted by Crippen LogP contribution is -2.24. The van der Waals surface area contributed by atoms with Crippen molar-refractivity contribution in [2.75, 3.05) is 6.61 Å². The molecule has 2 aromatic carbocycles. The predicted molar refractivity (Wildman–Crippen MR) is 70.9 cm³/mol. The second-order valence-corrected chi connectivity index (χ2v) is 4.09. The molecular weight excluding hydrogens is 226 g/mol. The fourth-order valence-electron chi connectivity index (χ4n) is 2.02. The molecule has 1 unspecified atom stereocenters. The van der Waals surface area contributed by atoms with Crippen molar-refractivity contribution in [3.8, 4) is 11.1 Å². The predicted octanol–water partition coefficient (Wildman–Crippen LogP) is 1.91. The number of nitrogens with two attached hydrogens (primary N) is 1. The van der Waals surface area contributed by atoms with Crippen LogP contribution in [0.25, 0.3) is 11.1 Å². The van der Waals surface area contributed by atoms with E-state index >= 15 is 0 Å². The van der Waals surface area contributed by atoms with Gasteiger partial charge in [-0.3, -0.25) is 4.79 Å². The van der Waals surface area contributed by atoms with Crippen LogP contribution in [0.3, 0.4) is 0 Å². The number of amides is 1. The molecule has 0 aliphatic heterocycles. The minimum atomic E-state index is -0.665. The van der Waals surface area contributed by atoms with Crippen molar-refractivity contribution in [2.45, 2.75) is 5.92 Å². The van der Waals surface area contributed by atoms with Gasteiger partial charge in [-0.1, -0.05) is 54.6 Å². The number of aliphatic hydroxyl groups excluding tert-OH is 1. The lowest BCUT2D eigenvalue weighted by atomic mass is 9.90. The van der Waals surface area contributed by atoms with Crippen molar-refractivity contribution < 1.29 is 9.90 Å². The van der Waals surface area contributed by atoms with Crippen molar-refractivity contribution in [3.63, 3.8) is 0 Å². The van der Waals surface area contributed by atoms with Gasteiger partial charge < -0.3 is 10.8 Å². The highest BCUT2D eigenvalue weighted by atomic mass is 16.3. The minimum absolute atomic E-state index is 0.279. The Bertz CT molecular complexity index is 537. The largest absolute Gasteiger partial charge is 0.395 e. The summed E-state index contributed by atoms with van der Waals surface area (Å²) in [5, 5.41) is 9.32. The third kappa shape index (κ3) is 2.41. The molecule has 2 rings (SSSR count). The zero-order valence-electron chi connectivity index (χ0n) is 9.91. The van der Waals surface area contributed by atoms with Gasteiger partial charge in [-0.2, -0.15) is 0 Å². The molecule has 0 saturated carbocycles. The van der Waals surface area contributed by atoms with Gasteiger partial charge >= 0.3 is 0 Å². The van der Waals surface area contributed by atoms with Gasteiger partial charge in [0.15, 0.2) is 0 Å². The van der Waals surface area contributed by atoms with Crippen LogP contribution in [0.15, 0.2) is 54.6 Å². The smallest absolute Gasteiger partial charge is 0.227 e. The summed E-state index contributed by atoms with van der Waals surface area (Å²) in [5.41, 5.74) is 8.02. The molecule has 1 amide bonds. The summed E-state index contributed by atoms with van der Waals surface area (Å²) >= 11 is 0. The molecule has 92 valence electrons. The van der Waals surface area contributed by atoms with Gasteiger partial charge in [0, 0.05) is 0 Å². The minimum Gasteiger partial charge on any atom is -0.395 e. The molecule has 0 bridgehead atoms. The van der Waals surface area contributed by atoms with Crippen molar-refractivity contribution in [1.29, 1.82) is 0 Å². The maximum atomic E-state index is 11.4. The fraction of sp³-hybridized carbons (Fsp3) is 0.133. The van der Waals surface area contributed by atoms with Crippen LogP contribution in [0.1, 0.15) is 11.5 Å². The topological polar surface area (TPSA) is 63.3 Å². The first-order chi connectivity index (χ1) is 8.74. The van der Waals surface area contributed by atoms with Crippen LogP contribution >= 0.6 is 0 Å². The summed E-state index contributed by atoms with van der Waals surface area (Å²) in [7, 11) is 0. The number of rotatable bonds is 4. The van der Waals surface area contributed by atoms with Gasteiger partial charge in [-0.05, 0) is 16.7 Å². The highest BCUT2D eigenvalue weighted by Gasteiger charge is 2.20. The van der Waals surface area contributed by atoms with Crippen LogP contribution in [0.5, 0.6) is 0 Å². The molecule has 0 aromatic heterocycles. The maximum Gasteiger partial charge on any atom is 0.227 e. The Morgan fingerprint density at radius 3 is 2.28 bits per heavy atom. The first-order valence-electron chi connectivity index (χ1n) is 5.78. The Kier molecular flexibility index (Phi) is 3.75. The molecule has 3 N–H and O–H groups in total. The normalized spacial score (nSPS) is 12.1. The van der Waals surface area contributed by atoms with E-state index in [0.717, 1.165) is 16.7 Å². The number of benzene rings is 2. The number of hydrogen-bond donors (Lipinski definition) is 2. The molecule has 0 fully saturated rings. The van der Waals surface area contributed by atoms with Gasteiger partial charge in [-0.25, -0.2) is 0 Å². The summed E-state index contributed by atoms with van der Waals surface area (Å²) in [6.45, 7) is -0.279. The Morgan fingerprint density at radius 2 is 1.67 bits per heavy atom. The zero-order chi connectivity index (χ0) is 13.0. The van der Waals surface area contributed by atoms with E-state index in [-0.39, 0.29) is 6.61 Å². The summed E-state index contributed by atoms with van der Waals surface area (Å²) < 4.78 is 0. The van der Waals surface area contributed by atoms with Gasteiger partial charge in [0.25, 0.3) is 0 Å². The number of carbonyl (C=O) groups is 1. The first kappa shape index (κ1) is 12.3. The van der Waals surface area contributed by atoms with Crippen LogP contribution in [0.4, 0.5) is 0 Å². The van der Waals surface area contributed by atoms with Crippen LogP contribution < -0.4 is 5.73 Å². The van der Waals surface area contributed by atoms with Crippen LogP contribution in [0, 0.1) is 0 Å². The molecule has 3 nitrogen and oxygen atoms in total. The first-order valence-corrected chi connectivity index (χ1v) is 5.78. The standard InChI is InChI=1S/C15H15NO2/c16-15(18)14(10-17)13-9-5-4-8-12(13)11-6-2-1-3-7-11/h1-9,14,17H,10H2,(H2,16,18). The highest BCUT2D eigenvalue weighted by molar-refractivity contribution is 5.85. The lowest BCUT2D eigenvalue weighted by molar-refractivity contribution is -0.120. The van der Waals surface area contributed by atoms with Crippen LogP contribution in [0.2, 0.25) is 0 Å². The Morgan fingerprint density at radius 1 is 1.06 bits per heavy atom. The van der Waals surface area contributed by atoms with E-state index in [4.69, 9.17) is 5.73 Å². The molecule has 0 heterocycles. The van der Waals surface area contributed by atoms with E-state index in [9.17, 15) is 9.90 Å². The van der Waals surface area contributed by atoms with Crippen molar-refractivity contribution in [1.82, 2.24) is 0 Å². The Hall–Kier alpha value is -2.13. The molecular formula is C15H15NO2. The van der Waals surface area contributed by atoms with Crippen LogP contribution in [-0.2, 0) is 4.79 Å². The third-order valence-electron chi connectivity index (χ3n) is 2.95. The van der Waals surface area contributed by atoms with E-state index in [1.54, 1.807) is 0 Å². The van der Waals surface area contributed by atoms with Gasteiger partial charge in [0.2, 0.25) is 5.91 Å². The Labute approximate surface area is 106 Å². The second kappa shape index (κ2) is 5.47. The molecule has 0 spiro atoms. The quantitative estimate of drug-likeness (QED) is 0.859. The second-order valence-electron chi connectivity index (χ2n) is 4.09. The molecule has 2 aromatic rings. The monoisotopic (exact) mass is 241 g/mol. The van der Waals surface area contributed by atoms with Crippen LogP contribution in [-0.4, -0.2) is 17.6 Å². The molecule has 0 aliphatic carbocycles. The molecule has 18 heavy (non-hydrogen) atoms. The van der Waals surface area contributed by atoms with Crippen molar-refractivity contribution in [3.05, 3.63) is 60.2 Å². The van der Waals surface area contributed by atoms with E-state index in [1.165, 1.54) is 0 Å². The van der Waals surface area contributed by atoms with E-state index in [1.807, 2.05) is 54.6 Å². The van der Waals surface area contributed by atoms with Gasteiger partial charge in [0.05, 0.1) is 12.5 Å². The van der Waals surface area contributed by atoms with Crippen molar-refractivity contribution in [2.24, 2.45) is 5.73 Å². The van der Waals surface area contributed by atoms with E-state index < -0.39 is 11.8 Å². The average molecular weight is 241 g/mol. The number of hydrogen-bond acceptors (Lipinski definition) is 2. The van der Waals surface area contributed by atoms with Gasteiger partial charge in [-0.15, -0.1) is 0 Å². The molecule has 0 saturated heterocycles. The fourth-order valence-corrected chi connectivity index (χ4v) is 2.02. The summed E-state index contributed by atoms with van der Waals surface area (Å²) in [6, 6.07) is 17.2. The number of primary amides is 1. The molecule has 0 aliphatic rings. The number of aliphatic hydroxyl groups is 1. The zero-order valence-corrected chi connectivity index (χ0v) is 9.91. The summed E-state index contributed by atoms with van der Waals surface area (Å²) in [4.78, 5) is 11.4. The molecule has 3 heteroatoms.